The highest BCUT2D eigenvalue weighted by Gasteiger charge is 2.28. The first-order valence-corrected chi connectivity index (χ1v) is 6.74. The number of hydrogen-bond acceptors (Lipinski definition) is 2. The van der Waals surface area contributed by atoms with Gasteiger partial charge in [0.2, 0.25) is 0 Å². The minimum atomic E-state index is -0.619. The van der Waals surface area contributed by atoms with Crippen LogP contribution in [0.1, 0.15) is 51.4 Å². The van der Waals surface area contributed by atoms with Crippen LogP contribution in [-0.2, 0) is 4.79 Å². The van der Waals surface area contributed by atoms with Crippen LogP contribution in [0.4, 0.5) is 0 Å². The van der Waals surface area contributed by atoms with E-state index < -0.39 is 5.97 Å². The van der Waals surface area contributed by atoms with Gasteiger partial charge in [-0.25, -0.2) is 0 Å². The van der Waals surface area contributed by atoms with Gasteiger partial charge in [-0.2, -0.15) is 0 Å². The number of likely N-dealkylation sites (tertiary alicyclic amines) is 1. The Labute approximate surface area is 97.8 Å². The van der Waals surface area contributed by atoms with E-state index in [-0.39, 0.29) is 6.04 Å². The molecule has 1 heterocycles. The number of hydrogen-bond donors (Lipinski definition) is 1. The standard InChI is InChI=1S/C13H23NO2/c15-13(16)12-7-3-4-9-14(12)10-8-11-5-1-2-6-11/h11-12H,1-10H2,(H,15,16). The molecule has 0 radical (unpaired) electrons. The molecule has 0 aromatic heterocycles. The van der Waals surface area contributed by atoms with Gasteiger partial charge < -0.3 is 5.11 Å². The van der Waals surface area contributed by atoms with Crippen LogP contribution >= 0.6 is 0 Å². The molecule has 1 atom stereocenters. The van der Waals surface area contributed by atoms with Crippen molar-refractivity contribution >= 4 is 5.97 Å². The van der Waals surface area contributed by atoms with Crippen molar-refractivity contribution in [3.63, 3.8) is 0 Å². The monoisotopic (exact) mass is 225 g/mol. The second-order valence-corrected chi connectivity index (χ2v) is 5.32. The molecule has 1 aliphatic carbocycles. The Bertz CT molecular complexity index is 236. The van der Waals surface area contributed by atoms with Crippen LogP contribution in [-0.4, -0.2) is 35.1 Å². The highest BCUT2D eigenvalue weighted by molar-refractivity contribution is 5.73. The zero-order chi connectivity index (χ0) is 11.4. The van der Waals surface area contributed by atoms with Gasteiger partial charge in [-0.15, -0.1) is 0 Å². The zero-order valence-electron chi connectivity index (χ0n) is 10.0. The number of carboxylic acid groups (broad SMARTS) is 1. The van der Waals surface area contributed by atoms with Crippen molar-refractivity contribution in [2.75, 3.05) is 13.1 Å². The first kappa shape index (κ1) is 11.9. The van der Waals surface area contributed by atoms with Gasteiger partial charge in [0.15, 0.2) is 0 Å². The summed E-state index contributed by atoms with van der Waals surface area (Å²) in [5.41, 5.74) is 0. The minimum absolute atomic E-state index is 0.199. The lowest BCUT2D eigenvalue weighted by Gasteiger charge is -2.33. The molecule has 3 nitrogen and oxygen atoms in total. The van der Waals surface area contributed by atoms with E-state index in [1.165, 1.54) is 38.5 Å². The van der Waals surface area contributed by atoms with E-state index in [9.17, 15) is 4.79 Å². The van der Waals surface area contributed by atoms with Crippen molar-refractivity contribution in [3.05, 3.63) is 0 Å². The lowest BCUT2D eigenvalue weighted by molar-refractivity contribution is -0.144. The van der Waals surface area contributed by atoms with Crippen molar-refractivity contribution in [2.24, 2.45) is 5.92 Å². The number of aliphatic carboxylic acids is 1. The van der Waals surface area contributed by atoms with E-state index in [2.05, 4.69) is 4.90 Å². The number of piperidine rings is 1. The number of rotatable bonds is 4. The van der Waals surface area contributed by atoms with Gasteiger partial charge >= 0.3 is 5.97 Å². The van der Waals surface area contributed by atoms with Crippen LogP contribution in [0.15, 0.2) is 0 Å². The molecule has 1 unspecified atom stereocenters. The maximum atomic E-state index is 11.1. The van der Waals surface area contributed by atoms with E-state index in [0.717, 1.165) is 31.8 Å². The summed E-state index contributed by atoms with van der Waals surface area (Å²) in [6.45, 7) is 1.99. The smallest absolute Gasteiger partial charge is 0.320 e. The Morgan fingerprint density at radius 2 is 1.81 bits per heavy atom. The summed E-state index contributed by atoms with van der Waals surface area (Å²) < 4.78 is 0. The highest BCUT2D eigenvalue weighted by atomic mass is 16.4. The van der Waals surface area contributed by atoms with Crippen LogP contribution in [0.5, 0.6) is 0 Å². The molecule has 2 aliphatic rings. The fraction of sp³-hybridized carbons (Fsp3) is 0.923. The molecule has 0 aromatic rings. The molecule has 16 heavy (non-hydrogen) atoms. The molecule has 1 aliphatic heterocycles. The van der Waals surface area contributed by atoms with Crippen LogP contribution in [0.25, 0.3) is 0 Å². The van der Waals surface area contributed by atoms with Crippen molar-refractivity contribution in [2.45, 2.75) is 57.4 Å². The van der Waals surface area contributed by atoms with Crippen LogP contribution in [0, 0.1) is 5.92 Å². The SMILES string of the molecule is O=C(O)C1CCCCN1CCC1CCCC1. The van der Waals surface area contributed by atoms with Gasteiger partial charge in [0.05, 0.1) is 0 Å². The molecule has 2 fully saturated rings. The fourth-order valence-corrected chi connectivity index (χ4v) is 3.19. The van der Waals surface area contributed by atoms with Gasteiger partial charge in [-0.05, 0) is 38.3 Å². The molecule has 0 aromatic carbocycles. The molecule has 0 bridgehead atoms. The first-order valence-electron chi connectivity index (χ1n) is 6.74. The number of carboxylic acids is 1. The largest absolute Gasteiger partial charge is 0.480 e. The molecule has 0 amide bonds. The summed E-state index contributed by atoms with van der Waals surface area (Å²) >= 11 is 0. The predicted molar refractivity (Wildman–Crippen MR) is 63.4 cm³/mol. The normalized spacial score (nSPS) is 28.4. The number of nitrogens with zero attached hydrogens (tertiary/aromatic N) is 1. The molecule has 2 rings (SSSR count). The molecular formula is C13H23NO2. The molecule has 3 heteroatoms. The van der Waals surface area contributed by atoms with Gasteiger partial charge in [0.25, 0.3) is 0 Å². The summed E-state index contributed by atoms with van der Waals surface area (Å²) in [6, 6.07) is -0.199. The van der Waals surface area contributed by atoms with Gasteiger partial charge in [0, 0.05) is 0 Å². The predicted octanol–water partition coefficient (Wildman–Crippen LogP) is 2.51. The van der Waals surface area contributed by atoms with E-state index in [1.54, 1.807) is 0 Å². The summed E-state index contributed by atoms with van der Waals surface area (Å²) in [6.07, 6.45) is 9.81. The molecule has 92 valence electrons. The Kier molecular flexibility index (Phi) is 4.22. The average molecular weight is 225 g/mol. The Morgan fingerprint density at radius 3 is 2.50 bits per heavy atom. The third-order valence-electron chi connectivity index (χ3n) is 4.20. The summed E-state index contributed by atoms with van der Waals surface area (Å²) in [5, 5.41) is 9.16. The summed E-state index contributed by atoms with van der Waals surface area (Å²) in [5.74, 6) is 0.252. The molecule has 0 spiro atoms. The Balaban J connectivity index is 1.78. The first-order chi connectivity index (χ1) is 7.77. The summed E-state index contributed by atoms with van der Waals surface area (Å²) in [7, 11) is 0. The second kappa shape index (κ2) is 5.67. The van der Waals surface area contributed by atoms with Crippen molar-refractivity contribution in [1.82, 2.24) is 4.90 Å². The Morgan fingerprint density at radius 1 is 1.12 bits per heavy atom. The van der Waals surface area contributed by atoms with Gasteiger partial charge in [-0.3, -0.25) is 9.69 Å². The molecular weight excluding hydrogens is 202 g/mol. The van der Waals surface area contributed by atoms with Crippen molar-refractivity contribution in [3.8, 4) is 0 Å². The van der Waals surface area contributed by atoms with E-state index in [4.69, 9.17) is 5.11 Å². The lowest BCUT2D eigenvalue weighted by atomic mass is 9.99. The second-order valence-electron chi connectivity index (χ2n) is 5.32. The lowest BCUT2D eigenvalue weighted by Crippen LogP contribution is -2.45. The maximum absolute atomic E-state index is 11.1. The zero-order valence-corrected chi connectivity index (χ0v) is 10.0. The van der Waals surface area contributed by atoms with Crippen LogP contribution in [0.3, 0.4) is 0 Å². The quantitative estimate of drug-likeness (QED) is 0.799. The topological polar surface area (TPSA) is 40.5 Å². The molecule has 1 N–H and O–H groups in total. The third kappa shape index (κ3) is 2.97. The van der Waals surface area contributed by atoms with Gasteiger partial charge in [0.1, 0.15) is 6.04 Å². The van der Waals surface area contributed by atoms with E-state index >= 15 is 0 Å². The van der Waals surface area contributed by atoms with Crippen LogP contribution in [0.2, 0.25) is 0 Å². The molecule has 1 saturated carbocycles. The van der Waals surface area contributed by atoms with Crippen molar-refractivity contribution in [1.29, 1.82) is 0 Å². The third-order valence-corrected chi connectivity index (χ3v) is 4.20. The summed E-state index contributed by atoms with van der Waals surface area (Å²) in [4.78, 5) is 13.3. The van der Waals surface area contributed by atoms with E-state index in [0.29, 0.717) is 0 Å². The highest BCUT2D eigenvalue weighted by Crippen LogP contribution is 2.28. The van der Waals surface area contributed by atoms with Gasteiger partial charge in [-0.1, -0.05) is 32.1 Å². The average Bonchev–Trinajstić information content (AvgIpc) is 2.79. The number of carbonyl (C=O) groups is 1. The minimum Gasteiger partial charge on any atom is -0.480 e. The van der Waals surface area contributed by atoms with E-state index in [1.807, 2.05) is 0 Å². The van der Waals surface area contributed by atoms with Crippen LogP contribution < -0.4 is 0 Å². The maximum Gasteiger partial charge on any atom is 0.320 e. The van der Waals surface area contributed by atoms with Crippen molar-refractivity contribution < 1.29 is 9.90 Å². The fourth-order valence-electron chi connectivity index (χ4n) is 3.19. The Hall–Kier alpha value is -0.570. The molecule has 1 saturated heterocycles.